The third-order valence-electron chi connectivity index (χ3n) is 4.25. The molecule has 0 spiro atoms. The van der Waals surface area contributed by atoms with Crippen molar-refractivity contribution in [2.45, 2.75) is 51.5 Å². The molecule has 1 N–H and O–H groups in total. The second kappa shape index (κ2) is 5.17. The molecule has 0 radical (unpaired) electrons. The smallest absolute Gasteiger partial charge is 0.0842 e. The summed E-state index contributed by atoms with van der Waals surface area (Å²) in [5, 5.41) is 11.7. The first-order valence-corrected chi connectivity index (χ1v) is 6.66. The zero-order valence-corrected chi connectivity index (χ0v) is 11.2. The minimum Gasteiger partial charge on any atom is -0.316 e. The predicted molar refractivity (Wildman–Crippen MR) is 68.7 cm³/mol. The van der Waals surface area contributed by atoms with Gasteiger partial charge in [0.1, 0.15) is 0 Å². The van der Waals surface area contributed by atoms with Crippen molar-refractivity contribution in [1.82, 2.24) is 20.3 Å². The lowest BCUT2D eigenvalue weighted by Gasteiger charge is -2.40. The van der Waals surface area contributed by atoms with Crippen molar-refractivity contribution in [2.24, 2.45) is 12.5 Å². The number of aryl methyl sites for hydroxylation is 1. The van der Waals surface area contributed by atoms with Crippen molar-refractivity contribution in [3.05, 3.63) is 11.9 Å². The van der Waals surface area contributed by atoms with Gasteiger partial charge >= 0.3 is 0 Å². The molecule has 0 amide bonds. The van der Waals surface area contributed by atoms with Crippen LogP contribution in [0.3, 0.4) is 0 Å². The predicted octanol–water partition coefficient (Wildman–Crippen LogP) is 1.92. The van der Waals surface area contributed by atoms with E-state index < -0.39 is 0 Å². The molecule has 1 aliphatic rings. The summed E-state index contributed by atoms with van der Waals surface area (Å²) in [5.74, 6) is 0. The Kier molecular flexibility index (Phi) is 3.82. The molecule has 1 aromatic heterocycles. The fraction of sp³-hybridized carbons (Fsp3) is 0.846. The van der Waals surface area contributed by atoms with Crippen molar-refractivity contribution >= 4 is 0 Å². The summed E-state index contributed by atoms with van der Waals surface area (Å²) in [4.78, 5) is 0. The Morgan fingerprint density at radius 2 is 2.12 bits per heavy atom. The lowest BCUT2D eigenvalue weighted by Crippen LogP contribution is -2.44. The van der Waals surface area contributed by atoms with E-state index in [-0.39, 0.29) is 0 Å². The maximum absolute atomic E-state index is 4.20. The SMILES string of the molecule is CNC(Cc1cn(C)nn1)C1(C)CCCCC1. The minimum absolute atomic E-state index is 0.421. The van der Waals surface area contributed by atoms with E-state index in [0.29, 0.717) is 11.5 Å². The largest absolute Gasteiger partial charge is 0.316 e. The first-order chi connectivity index (χ1) is 8.14. The summed E-state index contributed by atoms with van der Waals surface area (Å²) in [7, 11) is 3.99. The van der Waals surface area contributed by atoms with Crippen molar-refractivity contribution in [3.8, 4) is 0 Å². The summed E-state index contributed by atoms with van der Waals surface area (Å²) in [6.45, 7) is 2.42. The van der Waals surface area contributed by atoms with Gasteiger partial charge < -0.3 is 5.32 Å². The molecule has 17 heavy (non-hydrogen) atoms. The summed E-state index contributed by atoms with van der Waals surface area (Å²) >= 11 is 0. The van der Waals surface area contributed by atoms with Gasteiger partial charge in [0.15, 0.2) is 0 Å². The standard InChI is InChI=1S/C13H24N4/c1-13(7-5-4-6-8-13)12(14-2)9-11-10-17(3)16-15-11/h10,12,14H,4-9H2,1-3H3. The van der Waals surface area contributed by atoms with Gasteiger partial charge in [0, 0.05) is 25.7 Å². The van der Waals surface area contributed by atoms with Gasteiger partial charge in [0.2, 0.25) is 0 Å². The number of likely N-dealkylation sites (N-methyl/N-ethyl adjacent to an activating group) is 1. The fourth-order valence-corrected chi connectivity index (χ4v) is 3.10. The number of rotatable bonds is 4. The molecule has 4 heteroatoms. The summed E-state index contributed by atoms with van der Waals surface area (Å²) in [6, 6.07) is 0.513. The zero-order valence-electron chi connectivity index (χ0n) is 11.2. The molecule has 0 saturated heterocycles. The maximum atomic E-state index is 4.20. The Bertz CT molecular complexity index is 352. The van der Waals surface area contributed by atoms with Crippen LogP contribution in [0.1, 0.15) is 44.7 Å². The van der Waals surface area contributed by atoms with E-state index in [1.807, 2.05) is 13.2 Å². The second-order valence-corrected chi connectivity index (χ2v) is 5.64. The molecule has 1 unspecified atom stereocenters. The monoisotopic (exact) mass is 236 g/mol. The fourth-order valence-electron chi connectivity index (χ4n) is 3.10. The van der Waals surface area contributed by atoms with Gasteiger partial charge in [-0.3, -0.25) is 4.68 Å². The van der Waals surface area contributed by atoms with Gasteiger partial charge in [-0.05, 0) is 25.3 Å². The molecule has 0 aliphatic heterocycles. The molecule has 96 valence electrons. The molecule has 0 aromatic carbocycles. The van der Waals surface area contributed by atoms with Crippen molar-refractivity contribution in [1.29, 1.82) is 0 Å². The van der Waals surface area contributed by atoms with Gasteiger partial charge in [0.25, 0.3) is 0 Å². The van der Waals surface area contributed by atoms with Crippen LogP contribution >= 0.6 is 0 Å². The first kappa shape index (κ1) is 12.6. The van der Waals surface area contributed by atoms with Crippen LogP contribution in [-0.2, 0) is 13.5 Å². The summed E-state index contributed by atoms with van der Waals surface area (Å²) in [6.07, 6.45) is 9.82. The molecule has 1 heterocycles. The number of nitrogens with zero attached hydrogens (tertiary/aromatic N) is 3. The first-order valence-electron chi connectivity index (χ1n) is 6.66. The quantitative estimate of drug-likeness (QED) is 0.868. The Morgan fingerprint density at radius 3 is 2.65 bits per heavy atom. The average molecular weight is 236 g/mol. The summed E-state index contributed by atoms with van der Waals surface area (Å²) < 4.78 is 1.78. The van der Waals surface area contributed by atoms with E-state index in [2.05, 4.69) is 29.6 Å². The van der Waals surface area contributed by atoms with Gasteiger partial charge in [-0.1, -0.05) is 31.4 Å². The van der Waals surface area contributed by atoms with Crippen LogP contribution in [0.25, 0.3) is 0 Å². The Hall–Kier alpha value is -0.900. The zero-order chi connectivity index (χ0) is 12.3. The van der Waals surface area contributed by atoms with Crippen LogP contribution in [0.5, 0.6) is 0 Å². The van der Waals surface area contributed by atoms with E-state index in [1.165, 1.54) is 32.1 Å². The highest BCUT2D eigenvalue weighted by molar-refractivity contribution is 5.01. The van der Waals surface area contributed by atoms with Crippen LogP contribution in [0.2, 0.25) is 0 Å². The Labute approximate surface area is 104 Å². The number of aromatic nitrogens is 3. The van der Waals surface area contributed by atoms with Crippen molar-refractivity contribution in [3.63, 3.8) is 0 Å². The number of nitrogens with one attached hydrogen (secondary N) is 1. The molecule has 4 nitrogen and oxygen atoms in total. The van der Waals surface area contributed by atoms with Crippen LogP contribution in [-0.4, -0.2) is 28.1 Å². The van der Waals surface area contributed by atoms with E-state index in [9.17, 15) is 0 Å². The number of hydrogen-bond acceptors (Lipinski definition) is 3. The normalized spacial score (nSPS) is 21.4. The minimum atomic E-state index is 0.421. The van der Waals surface area contributed by atoms with Crippen LogP contribution in [0.15, 0.2) is 6.20 Å². The van der Waals surface area contributed by atoms with Crippen LogP contribution in [0.4, 0.5) is 0 Å². The Balaban J connectivity index is 2.05. The van der Waals surface area contributed by atoms with Gasteiger partial charge in [0.05, 0.1) is 5.69 Å². The number of hydrogen-bond donors (Lipinski definition) is 1. The highest BCUT2D eigenvalue weighted by atomic mass is 15.4. The summed E-state index contributed by atoms with van der Waals surface area (Å²) in [5.41, 5.74) is 1.52. The van der Waals surface area contributed by atoms with E-state index in [4.69, 9.17) is 0 Å². The topological polar surface area (TPSA) is 42.7 Å². The maximum Gasteiger partial charge on any atom is 0.0842 e. The lowest BCUT2D eigenvalue weighted by atomic mass is 9.69. The van der Waals surface area contributed by atoms with Gasteiger partial charge in [-0.15, -0.1) is 5.10 Å². The van der Waals surface area contributed by atoms with Gasteiger partial charge in [-0.25, -0.2) is 0 Å². The van der Waals surface area contributed by atoms with Gasteiger partial charge in [-0.2, -0.15) is 0 Å². The molecular formula is C13H24N4. The molecule has 1 aliphatic carbocycles. The van der Waals surface area contributed by atoms with E-state index in [0.717, 1.165) is 12.1 Å². The lowest BCUT2D eigenvalue weighted by molar-refractivity contribution is 0.148. The molecule has 1 saturated carbocycles. The third-order valence-corrected chi connectivity index (χ3v) is 4.25. The molecule has 2 rings (SSSR count). The van der Waals surface area contributed by atoms with Crippen molar-refractivity contribution < 1.29 is 0 Å². The molecular weight excluding hydrogens is 212 g/mol. The van der Waals surface area contributed by atoms with E-state index >= 15 is 0 Å². The second-order valence-electron chi connectivity index (χ2n) is 5.64. The van der Waals surface area contributed by atoms with E-state index in [1.54, 1.807) is 4.68 Å². The Morgan fingerprint density at radius 1 is 1.41 bits per heavy atom. The molecule has 1 atom stereocenters. The van der Waals surface area contributed by atoms with Crippen LogP contribution in [0, 0.1) is 5.41 Å². The molecule has 1 aromatic rings. The highest BCUT2D eigenvalue weighted by Crippen LogP contribution is 2.39. The average Bonchev–Trinajstić information content (AvgIpc) is 2.72. The third kappa shape index (κ3) is 2.86. The molecule has 0 bridgehead atoms. The highest BCUT2D eigenvalue weighted by Gasteiger charge is 2.34. The van der Waals surface area contributed by atoms with Crippen molar-refractivity contribution in [2.75, 3.05) is 7.05 Å². The molecule has 1 fully saturated rings. The van der Waals surface area contributed by atoms with Crippen LogP contribution < -0.4 is 5.32 Å².